The Morgan fingerprint density at radius 3 is 2.88 bits per heavy atom. The van der Waals surface area contributed by atoms with Crippen molar-refractivity contribution in [2.45, 2.75) is 26.2 Å². The average Bonchev–Trinajstić information content (AvgIpc) is 2.39. The van der Waals surface area contributed by atoms with E-state index in [4.69, 9.17) is 14.7 Å². The van der Waals surface area contributed by atoms with E-state index in [2.05, 4.69) is 6.92 Å². The number of rotatable bonds is 3. The van der Waals surface area contributed by atoms with Crippen molar-refractivity contribution in [2.24, 2.45) is 5.92 Å². The molecule has 1 aliphatic rings. The fourth-order valence-corrected chi connectivity index (χ4v) is 1.72. The van der Waals surface area contributed by atoms with E-state index >= 15 is 0 Å². The number of allylic oxidation sites excluding steroid dienone is 2. The molecule has 1 aliphatic heterocycles. The lowest BCUT2D eigenvalue weighted by Gasteiger charge is -2.27. The van der Waals surface area contributed by atoms with Crippen molar-refractivity contribution in [1.29, 1.82) is 5.26 Å². The second kappa shape index (κ2) is 5.51. The molecule has 0 saturated heterocycles. The third-order valence-corrected chi connectivity index (χ3v) is 2.75. The Morgan fingerprint density at radius 2 is 2.18 bits per heavy atom. The summed E-state index contributed by atoms with van der Waals surface area (Å²) in [6.07, 6.45) is 2.31. The Hall–Kier alpha value is -1.79. The highest BCUT2D eigenvalue weighted by Crippen LogP contribution is 2.24. The zero-order valence-corrected chi connectivity index (χ0v) is 9.80. The van der Waals surface area contributed by atoms with Crippen molar-refractivity contribution in [1.82, 2.24) is 0 Å². The summed E-state index contributed by atoms with van der Waals surface area (Å²) < 4.78 is 11.1. The van der Waals surface area contributed by atoms with Crippen LogP contribution in [-0.4, -0.2) is 6.29 Å². The molecule has 0 fully saturated rings. The normalized spacial score (nSPS) is 23.4. The first-order chi connectivity index (χ1) is 8.29. The predicted molar refractivity (Wildman–Crippen MR) is 63.6 cm³/mol. The summed E-state index contributed by atoms with van der Waals surface area (Å²) >= 11 is 0. The first kappa shape index (κ1) is 11.7. The van der Waals surface area contributed by atoms with Crippen LogP contribution < -0.4 is 0 Å². The van der Waals surface area contributed by atoms with Gasteiger partial charge in [-0.25, -0.2) is 0 Å². The Bertz CT molecular complexity index is 433. The van der Waals surface area contributed by atoms with E-state index in [0.717, 1.165) is 12.0 Å². The van der Waals surface area contributed by atoms with Crippen molar-refractivity contribution in [3.05, 3.63) is 47.7 Å². The van der Waals surface area contributed by atoms with Crippen LogP contribution in [0.5, 0.6) is 0 Å². The zero-order chi connectivity index (χ0) is 12.1. The largest absolute Gasteiger partial charge is 0.455 e. The zero-order valence-electron chi connectivity index (χ0n) is 9.80. The van der Waals surface area contributed by atoms with Gasteiger partial charge in [-0.2, -0.15) is 5.26 Å². The summed E-state index contributed by atoms with van der Waals surface area (Å²) in [4.78, 5) is 0. The van der Waals surface area contributed by atoms with Crippen LogP contribution in [-0.2, 0) is 16.1 Å². The Balaban J connectivity index is 1.91. The van der Waals surface area contributed by atoms with Crippen LogP contribution in [0.25, 0.3) is 0 Å². The lowest BCUT2D eigenvalue weighted by molar-refractivity contribution is -0.155. The van der Waals surface area contributed by atoms with Crippen molar-refractivity contribution in [3.8, 4) is 6.07 Å². The van der Waals surface area contributed by atoms with Gasteiger partial charge in [-0.05, 0) is 18.1 Å². The van der Waals surface area contributed by atoms with Crippen molar-refractivity contribution in [3.63, 3.8) is 0 Å². The highest BCUT2D eigenvalue weighted by Gasteiger charge is 2.24. The van der Waals surface area contributed by atoms with Gasteiger partial charge in [-0.3, -0.25) is 0 Å². The van der Waals surface area contributed by atoms with E-state index in [0.29, 0.717) is 12.4 Å². The predicted octanol–water partition coefficient (Wildman–Crippen LogP) is 2.99. The molecule has 88 valence electrons. The van der Waals surface area contributed by atoms with Crippen molar-refractivity contribution in [2.75, 3.05) is 0 Å². The van der Waals surface area contributed by atoms with Crippen molar-refractivity contribution >= 4 is 0 Å². The third kappa shape index (κ3) is 3.08. The number of benzene rings is 1. The molecule has 17 heavy (non-hydrogen) atoms. The maximum atomic E-state index is 8.78. The monoisotopic (exact) mass is 229 g/mol. The smallest absolute Gasteiger partial charge is 0.203 e. The molecule has 1 heterocycles. The third-order valence-electron chi connectivity index (χ3n) is 2.75. The minimum atomic E-state index is -0.324. The first-order valence-electron chi connectivity index (χ1n) is 5.72. The number of ether oxygens (including phenoxy) is 2. The van der Waals surface area contributed by atoms with E-state index in [9.17, 15) is 0 Å². The van der Waals surface area contributed by atoms with Gasteiger partial charge >= 0.3 is 0 Å². The van der Waals surface area contributed by atoms with Crippen molar-refractivity contribution < 1.29 is 9.47 Å². The van der Waals surface area contributed by atoms with Crippen LogP contribution in [0.3, 0.4) is 0 Å². The standard InChI is InChI=1S/C14H15NO2/c1-11-7-8-13(9-15)17-14(11)16-10-12-5-3-2-4-6-12/h2-6,8,11,14H,7,10H2,1H3/t11-,14+/m0/s1. The second-order valence-corrected chi connectivity index (χ2v) is 4.18. The van der Waals surface area contributed by atoms with E-state index in [-0.39, 0.29) is 12.2 Å². The molecular weight excluding hydrogens is 214 g/mol. The van der Waals surface area contributed by atoms with E-state index < -0.39 is 0 Å². The van der Waals surface area contributed by atoms with Gasteiger partial charge in [0.1, 0.15) is 6.07 Å². The van der Waals surface area contributed by atoms with Gasteiger partial charge in [0.2, 0.25) is 6.29 Å². The molecule has 0 radical (unpaired) electrons. The number of hydrogen-bond acceptors (Lipinski definition) is 3. The minimum Gasteiger partial charge on any atom is -0.455 e. The summed E-state index contributed by atoms with van der Waals surface area (Å²) in [5.41, 5.74) is 1.11. The molecule has 3 nitrogen and oxygen atoms in total. The quantitative estimate of drug-likeness (QED) is 0.800. The van der Waals surface area contributed by atoms with Gasteiger partial charge < -0.3 is 9.47 Å². The number of hydrogen-bond donors (Lipinski definition) is 0. The molecule has 0 N–H and O–H groups in total. The molecule has 2 rings (SSSR count). The fourth-order valence-electron chi connectivity index (χ4n) is 1.72. The average molecular weight is 229 g/mol. The van der Waals surface area contributed by atoms with E-state index in [1.807, 2.05) is 42.5 Å². The lowest BCUT2D eigenvalue weighted by Crippen LogP contribution is -2.27. The Labute approximate surface area is 101 Å². The van der Waals surface area contributed by atoms with Crippen LogP contribution in [0, 0.1) is 17.2 Å². The van der Waals surface area contributed by atoms with Gasteiger partial charge in [0, 0.05) is 5.92 Å². The molecule has 0 bridgehead atoms. The summed E-state index contributed by atoms with van der Waals surface area (Å²) in [6.45, 7) is 2.56. The molecule has 0 unspecified atom stereocenters. The Morgan fingerprint density at radius 1 is 1.41 bits per heavy atom. The highest BCUT2D eigenvalue weighted by molar-refractivity contribution is 5.16. The number of nitriles is 1. The molecular formula is C14H15NO2. The molecule has 0 aromatic heterocycles. The molecule has 1 aromatic rings. The summed E-state index contributed by atoms with van der Waals surface area (Å²) in [7, 11) is 0. The molecule has 3 heteroatoms. The summed E-state index contributed by atoms with van der Waals surface area (Å²) in [6, 6.07) is 12.0. The lowest BCUT2D eigenvalue weighted by atomic mass is 10.0. The Kier molecular flexibility index (Phi) is 3.79. The SMILES string of the molecule is C[C@H]1CC=C(C#N)O[C@H]1OCc1ccccc1. The van der Waals surface area contributed by atoms with Gasteiger partial charge in [0.15, 0.2) is 5.76 Å². The topological polar surface area (TPSA) is 42.2 Å². The molecule has 0 spiro atoms. The van der Waals surface area contributed by atoms with Gasteiger partial charge in [0.05, 0.1) is 6.61 Å². The second-order valence-electron chi connectivity index (χ2n) is 4.18. The van der Waals surface area contributed by atoms with E-state index in [1.165, 1.54) is 0 Å². The molecule has 0 amide bonds. The maximum absolute atomic E-state index is 8.78. The molecule has 0 aliphatic carbocycles. The van der Waals surface area contributed by atoms with Gasteiger partial charge in [-0.1, -0.05) is 37.3 Å². The molecule has 0 saturated carbocycles. The molecule has 1 aromatic carbocycles. The molecule has 2 atom stereocenters. The fraction of sp³-hybridized carbons (Fsp3) is 0.357. The van der Waals surface area contributed by atoms with Crippen LogP contribution in [0.4, 0.5) is 0 Å². The van der Waals surface area contributed by atoms with Gasteiger partial charge in [-0.15, -0.1) is 0 Å². The van der Waals surface area contributed by atoms with Crippen LogP contribution >= 0.6 is 0 Å². The maximum Gasteiger partial charge on any atom is 0.203 e. The number of nitrogens with zero attached hydrogens (tertiary/aromatic N) is 1. The van der Waals surface area contributed by atoms with Crippen LogP contribution in [0.15, 0.2) is 42.2 Å². The first-order valence-corrected chi connectivity index (χ1v) is 5.72. The van der Waals surface area contributed by atoms with Gasteiger partial charge in [0.25, 0.3) is 0 Å². The minimum absolute atomic E-state index is 0.274. The summed E-state index contributed by atoms with van der Waals surface area (Å²) in [5, 5.41) is 8.78. The summed E-state index contributed by atoms with van der Waals surface area (Å²) in [5.74, 6) is 0.636. The van der Waals surface area contributed by atoms with Crippen LogP contribution in [0.2, 0.25) is 0 Å². The van der Waals surface area contributed by atoms with Crippen LogP contribution in [0.1, 0.15) is 18.9 Å². The highest BCUT2D eigenvalue weighted by atomic mass is 16.7. The van der Waals surface area contributed by atoms with E-state index in [1.54, 1.807) is 0 Å².